The van der Waals surface area contributed by atoms with E-state index in [4.69, 9.17) is 0 Å². The molecular weight excluding hydrogens is 192 g/mol. The molecule has 0 spiro atoms. The molecular formula is C16H20. The van der Waals surface area contributed by atoms with Gasteiger partial charge < -0.3 is 0 Å². The molecule has 1 saturated carbocycles. The molecule has 0 saturated heterocycles. The zero-order valence-electron chi connectivity index (χ0n) is 9.91. The quantitative estimate of drug-likeness (QED) is 0.652. The van der Waals surface area contributed by atoms with Gasteiger partial charge in [0.2, 0.25) is 0 Å². The zero-order chi connectivity index (χ0) is 10.8. The Morgan fingerprint density at radius 2 is 1.75 bits per heavy atom. The van der Waals surface area contributed by atoms with Crippen molar-refractivity contribution < 1.29 is 0 Å². The van der Waals surface area contributed by atoms with E-state index in [1.54, 1.807) is 0 Å². The molecule has 1 fully saturated rings. The lowest BCUT2D eigenvalue weighted by molar-refractivity contribution is 0.260. The van der Waals surface area contributed by atoms with Crippen molar-refractivity contribution in [1.29, 1.82) is 0 Å². The number of hydrogen-bond acceptors (Lipinski definition) is 0. The summed E-state index contributed by atoms with van der Waals surface area (Å²) in [6.07, 6.45) is 13.6. The molecule has 1 aromatic rings. The first-order chi connectivity index (χ1) is 7.93. The highest BCUT2D eigenvalue weighted by Crippen LogP contribution is 2.38. The predicted octanol–water partition coefficient (Wildman–Crippen LogP) is 4.26. The second kappa shape index (κ2) is 4.61. The molecule has 2 aliphatic rings. The molecule has 2 radical (unpaired) electrons. The Kier molecular flexibility index (Phi) is 2.99. The van der Waals surface area contributed by atoms with E-state index in [0.29, 0.717) is 0 Å². The Balaban J connectivity index is 1.72. The van der Waals surface area contributed by atoms with Crippen molar-refractivity contribution in [2.45, 2.75) is 44.9 Å². The molecule has 0 amide bonds. The highest BCUT2D eigenvalue weighted by atomic mass is 14.3. The van der Waals surface area contributed by atoms with E-state index in [-0.39, 0.29) is 0 Å². The van der Waals surface area contributed by atoms with Gasteiger partial charge in [0.1, 0.15) is 0 Å². The maximum atomic E-state index is 3.77. The number of aryl methyl sites for hydroxylation is 1. The van der Waals surface area contributed by atoms with Crippen LogP contribution in [0.1, 0.15) is 49.7 Å². The molecule has 0 heterocycles. The second-order valence-electron chi connectivity index (χ2n) is 5.34. The van der Waals surface area contributed by atoms with Gasteiger partial charge in [-0.25, -0.2) is 0 Å². The molecule has 0 heteroatoms. The van der Waals surface area contributed by atoms with E-state index >= 15 is 0 Å². The third kappa shape index (κ3) is 2.03. The van der Waals surface area contributed by atoms with E-state index in [1.165, 1.54) is 56.1 Å². The number of hydrogen-bond donors (Lipinski definition) is 0. The molecule has 3 rings (SSSR count). The minimum atomic E-state index is 0.746. The van der Waals surface area contributed by atoms with Crippen LogP contribution < -0.4 is 0 Å². The molecule has 0 N–H and O–H groups in total. The van der Waals surface area contributed by atoms with Gasteiger partial charge in [0.15, 0.2) is 0 Å². The minimum absolute atomic E-state index is 0.746. The first-order valence-corrected chi connectivity index (χ1v) is 6.78. The van der Waals surface area contributed by atoms with Gasteiger partial charge in [0.05, 0.1) is 0 Å². The molecule has 2 aliphatic carbocycles. The van der Waals surface area contributed by atoms with Crippen LogP contribution in [0.4, 0.5) is 0 Å². The second-order valence-corrected chi connectivity index (χ2v) is 5.34. The molecule has 0 aromatic heterocycles. The number of fused-ring (bicyclic) bond motifs is 1. The summed E-state index contributed by atoms with van der Waals surface area (Å²) in [6, 6.07) is 8.81. The van der Waals surface area contributed by atoms with Crippen LogP contribution in [0.25, 0.3) is 0 Å². The van der Waals surface area contributed by atoms with Crippen LogP contribution in [-0.4, -0.2) is 0 Å². The predicted molar refractivity (Wildman–Crippen MR) is 67.2 cm³/mol. The number of rotatable bonds is 1. The lowest BCUT2D eigenvalue weighted by Gasteiger charge is -2.33. The van der Waals surface area contributed by atoms with Gasteiger partial charge in [-0.2, -0.15) is 0 Å². The van der Waals surface area contributed by atoms with Crippen LogP contribution >= 0.6 is 0 Å². The molecule has 1 unspecified atom stereocenters. The average Bonchev–Trinajstić information content (AvgIpc) is 2.39. The summed E-state index contributed by atoms with van der Waals surface area (Å²) in [5.74, 6) is 1.68. The van der Waals surface area contributed by atoms with E-state index < -0.39 is 0 Å². The maximum absolute atomic E-state index is 3.77. The zero-order valence-corrected chi connectivity index (χ0v) is 9.91. The largest absolute Gasteiger partial charge is 0.0620 e. The summed E-state index contributed by atoms with van der Waals surface area (Å²) in [7, 11) is 0. The minimum Gasteiger partial charge on any atom is -0.0620 e. The van der Waals surface area contributed by atoms with Crippen LogP contribution in [0.3, 0.4) is 0 Å². The van der Waals surface area contributed by atoms with Crippen molar-refractivity contribution in [2.75, 3.05) is 0 Å². The van der Waals surface area contributed by atoms with Crippen molar-refractivity contribution in [3.05, 3.63) is 41.8 Å². The maximum Gasteiger partial charge on any atom is 0.0204 e. The van der Waals surface area contributed by atoms with E-state index in [9.17, 15) is 0 Å². The van der Waals surface area contributed by atoms with Crippen LogP contribution in [0.15, 0.2) is 24.3 Å². The highest BCUT2D eigenvalue weighted by Gasteiger charge is 2.27. The molecule has 0 aliphatic heterocycles. The first-order valence-electron chi connectivity index (χ1n) is 6.78. The standard InChI is InChI=1S/C16H20/c1-2-6-13(7-3-1)16-11-10-14-8-4-5-9-15(14)12-16/h4-5,8-9,13,16H,1-3,6-7,10-11H2. The van der Waals surface area contributed by atoms with Crippen molar-refractivity contribution in [2.24, 2.45) is 11.8 Å². The van der Waals surface area contributed by atoms with Gasteiger partial charge in [-0.05, 0) is 35.8 Å². The SMILES string of the molecule is [C]1c2ccccc2CCC1C1CCCCC1. The molecule has 16 heavy (non-hydrogen) atoms. The molecule has 0 nitrogen and oxygen atoms in total. The Morgan fingerprint density at radius 1 is 0.938 bits per heavy atom. The molecule has 1 atom stereocenters. The summed E-state index contributed by atoms with van der Waals surface area (Å²) < 4.78 is 0. The van der Waals surface area contributed by atoms with E-state index in [0.717, 1.165) is 11.8 Å². The molecule has 84 valence electrons. The van der Waals surface area contributed by atoms with Gasteiger partial charge in [0, 0.05) is 6.42 Å². The van der Waals surface area contributed by atoms with Gasteiger partial charge in [-0.3, -0.25) is 0 Å². The smallest absolute Gasteiger partial charge is 0.0204 e. The Labute approximate surface area is 99.1 Å². The normalized spacial score (nSPS) is 26.4. The summed E-state index contributed by atoms with van der Waals surface area (Å²) in [4.78, 5) is 0. The van der Waals surface area contributed by atoms with Crippen molar-refractivity contribution in [3.8, 4) is 0 Å². The molecule has 1 aromatic carbocycles. The Hall–Kier alpha value is -0.780. The van der Waals surface area contributed by atoms with Gasteiger partial charge in [0.25, 0.3) is 0 Å². The topological polar surface area (TPSA) is 0 Å². The lowest BCUT2D eigenvalue weighted by Crippen LogP contribution is -2.22. The average molecular weight is 212 g/mol. The van der Waals surface area contributed by atoms with Gasteiger partial charge in [-0.1, -0.05) is 56.4 Å². The summed E-state index contributed by atoms with van der Waals surface area (Å²) in [5.41, 5.74) is 2.90. The summed E-state index contributed by atoms with van der Waals surface area (Å²) in [6.45, 7) is 0. The Morgan fingerprint density at radius 3 is 2.62 bits per heavy atom. The van der Waals surface area contributed by atoms with Gasteiger partial charge >= 0.3 is 0 Å². The van der Waals surface area contributed by atoms with E-state index in [2.05, 4.69) is 30.7 Å². The van der Waals surface area contributed by atoms with Crippen LogP contribution in [-0.2, 0) is 6.42 Å². The van der Waals surface area contributed by atoms with Crippen molar-refractivity contribution >= 4 is 0 Å². The van der Waals surface area contributed by atoms with Crippen LogP contribution in [0.2, 0.25) is 0 Å². The van der Waals surface area contributed by atoms with Gasteiger partial charge in [-0.15, -0.1) is 0 Å². The third-order valence-corrected chi connectivity index (χ3v) is 4.30. The fourth-order valence-electron chi connectivity index (χ4n) is 3.35. The molecule has 0 bridgehead atoms. The lowest BCUT2D eigenvalue weighted by atomic mass is 9.72. The van der Waals surface area contributed by atoms with Crippen molar-refractivity contribution in [1.82, 2.24) is 0 Å². The first kappa shape index (κ1) is 10.4. The van der Waals surface area contributed by atoms with E-state index in [1.807, 2.05) is 0 Å². The van der Waals surface area contributed by atoms with Crippen molar-refractivity contribution in [3.63, 3.8) is 0 Å². The monoisotopic (exact) mass is 212 g/mol. The summed E-state index contributed by atoms with van der Waals surface area (Å²) >= 11 is 0. The summed E-state index contributed by atoms with van der Waals surface area (Å²) in [5, 5.41) is 0. The fraction of sp³-hybridized carbons (Fsp3) is 0.562. The fourth-order valence-corrected chi connectivity index (χ4v) is 3.35. The Bertz CT molecular complexity index is 347. The van der Waals surface area contributed by atoms with Crippen LogP contribution in [0, 0.1) is 18.3 Å². The third-order valence-electron chi connectivity index (χ3n) is 4.30. The van der Waals surface area contributed by atoms with Crippen LogP contribution in [0.5, 0.6) is 0 Å². The number of benzene rings is 1. The highest BCUT2D eigenvalue weighted by molar-refractivity contribution is 5.36.